The Bertz CT molecular complexity index is 476. The number of carbonyl (C=O) groups is 1. The normalized spacial score (nSPS) is 13.9. The van der Waals surface area contributed by atoms with Crippen molar-refractivity contribution >= 4 is 15.7 Å². The van der Waals surface area contributed by atoms with E-state index in [4.69, 9.17) is 5.11 Å². The molecule has 1 atom stereocenters. The third-order valence-corrected chi connectivity index (χ3v) is 4.27. The molecule has 0 amide bonds. The smallest absolute Gasteiger partial charge is 0.317 e. The minimum atomic E-state index is -2.68. The fourth-order valence-corrected chi connectivity index (χ4v) is 3.33. The molecule has 1 rings (SSSR count). The largest absolute Gasteiger partial charge is 0.481 e. The summed E-state index contributed by atoms with van der Waals surface area (Å²) >= 11 is 0. The van der Waals surface area contributed by atoms with E-state index in [9.17, 15) is 9.00 Å². The van der Waals surface area contributed by atoms with Crippen molar-refractivity contribution in [2.45, 2.75) is 19.1 Å². The Labute approximate surface area is 102 Å². The van der Waals surface area contributed by atoms with E-state index in [2.05, 4.69) is 4.36 Å². The predicted molar refractivity (Wildman–Crippen MR) is 68.4 cm³/mol. The van der Waals surface area contributed by atoms with E-state index < -0.39 is 15.7 Å². The number of hydrogen-bond acceptors (Lipinski definition) is 3. The SMILES string of the molecule is CCCN=S(=O)(CC(=O)O)Cc1ccccc1. The van der Waals surface area contributed by atoms with Gasteiger partial charge in [0.05, 0.1) is 15.5 Å². The summed E-state index contributed by atoms with van der Waals surface area (Å²) in [4.78, 5) is 10.7. The van der Waals surface area contributed by atoms with Crippen molar-refractivity contribution in [1.29, 1.82) is 0 Å². The Balaban J connectivity index is 2.92. The Hall–Kier alpha value is -1.36. The van der Waals surface area contributed by atoms with Crippen LogP contribution >= 0.6 is 0 Å². The molecule has 0 heterocycles. The minimum Gasteiger partial charge on any atom is -0.481 e. The van der Waals surface area contributed by atoms with Gasteiger partial charge in [-0.25, -0.2) is 8.57 Å². The van der Waals surface area contributed by atoms with Crippen molar-refractivity contribution in [3.05, 3.63) is 35.9 Å². The highest BCUT2D eigenvalue weighted by molar-refractivity contribution is 7.93. The van der Waals surface area contributed by atoms with Crippen molar-refractivity contribution < 1.29 is 14.1 Å². The standard InChI is InChI=1S/C12H17NO3S/c1-2-8-13-17(16,10-12(14)15)9-11-6-4-3-5-7-11/h3-7H,2,8-10H2,1H3,(H,14,15). The molecule has 0 saturated carbocycles. The number of hydrogen-bond donors (Lipinski definition) is 1. The number of carboxylic acids is 1. The third-order valence-electron chi connectivity index (χ3n) is 2.13. The molecule has 0 aliphatic carbocycles. The molecule has 0 aliphatic heterocycles. The lowest BCUT2D eigenvalue weighted by Crippen LogP contribution is -2.17. The van der Waals surface area contributed by atoms with Gasteiger partial charge in [-0.05, 0) is 12.0 Å². The molecule has 94 valence electrons. The fraction of sp³-hybridized carbons (Fsp3) is 0.417. The highest BCUT2D eigenvalue weighted by atomic mass is 32.2. The lowest BCUT2D eigenvalue weighted by atomic mass is 10.2. The third kappa shape index (κ3) is 4.99. The second kappa shape index (κ2) is 6.39. The van der Waals surface area contributed by atoms with Crippen LogP contribution in [0.3, 0.4) is 0 Å². The van der Waals surface area contributed by atoms with Crippen LogP contribution in [-0.2, 0) is 20.3 Å². The molecule has 0 saturated heterocycles. The molecular weight excluding hydrogens is 238 g/mol. The summed E-state index contributed by atoms with van der Waals surface area (Å²) in [5.74, 6) is -1.24. The topological polar surface area (TPSA) is 66.7 Å². The zero-order valence-electron chi connectivity index (χ0n) is 9.83. The van der Waals surface area contributed by atoms with Crippen LogP contribution in [0.2, 0.25) is 0 Å². The van der Waals surface area contributed by atoms with Gasteiger partial charge in [0.25, 0.3) is 0 Å². The van der Waals surface area contributed by atoms with E-state index in [1.165, 1.54) is 0 Å². The van der Waals surface area contributed by atoms with Gasteiger partial charge in [-0.15, -0.1) is 0 Å². The maximum atomic E-state index is 12.4. The van der Waals surface area contributed by atoms with Gasteiger partial charge in [-0.3, -0.25) is 4.79 Å². The lowest BCUT2D eigenvalue weighted by Gasteiger charge is -2.07. The Morgan fingerprint density at radius 1 is 1.35 bits per heavy atom. The van der Waals surface area contributed by atoms with Crippen LogP contribution in [0.15, 0.2) is 34.7 Å². The summed E-state index contributed by atoms with van der Waals surface area (Å²) in [6.45, 7) is 2.37. The lowest BCUT2D eigenvalue weighted by molar-refractivity contribution is -0.134. The van der Waals surface area contributed by atoms with Gasteiger partial charge in [-0.2, -0.15) is 0 Å². The fourth-order valence-electron chi connectivity index (χ4n) is 1.43. The summed E-state index contributed by atoms with van der Waals surface area (Å²) in [5.41, 5.74) is 0.860. The van der Waals surface area contributed by atoms with Gasteiger partial charge in [0.15, 0.2) is 0 Å². The van der Waals surface area contributed by atoms with Crippen LogP contribution in [0.5, 0.6) is 0 Å². The molecule has 17 heavy (non-hydrogen) atoms. The van der Waals surface area contributed by atoms with Gasteiger partial charge in [0.1, 0.15) is 5.75 Å². The van der Waals surface area contributed by atoms with Crippen molar-refractivity contribution in [2.75, 3.05) is 12.3 Å². The molecule has 0 aliphatic rings. The quantitative estimate of drug-likeness (QED) is 0.847. The van der Waals surface area contributed by atoms with Crippen LogP contribution < -0.4 is 0 Å². The molecule has 1 aromatic carbocycles. The zero-order valence-corrected chi connectivity index (χ0v) is 10.7. The number of nitrogens with zero attached hydrogens (tertiary/aromatic N) is 1. The molecule has 5 heteroatoms. The maximum absolute atomic E-state index is 12.4. The minimum absolute atomic E-state index is 0.208. The van der Waals surface area contributed by atoms with Crippen LogP contribution in [0, 0.1) is 0 Å². The van der Waals surface area contributed by atoms with Gasteiger partial charge >= 0.3 is 5.97 Å². The van der Waals surface area contributed by atoms with Crippen molar-refractivity contribution in [3.63, 3.8) is 0 Å². The molecule has 0 spiro atoms. The van der Waals surface area contributed by atoms with Crippen LogP contribution in [-0.4, -0.2) is 27.6 Å². The molecule has 0 bridgehead atoms. The Morgan fingerprint density at radius 3 is 2.53 bits per heavy atom. The van der Waals surface area contributed by atoms with Crippen molar-refractivity contribution in [3.8, 4) is 0 Å². The first-order valence-electron chi connectivity index (χ1n) is 5.50. The molecule has 1 aromatic rings. The maximum Gasteiger partial charge on any atom is 0.317 e. The van der Waals surface area contributed by atoms with Gasteiger partial charge in [0.2, 0.25) is 0 Å². The van der Waals surface area contributed by atoms with Gasteiger partial charge in [-0.1, -0.05) is 37.3 Å². The molecule has 0 fully saturated rings. The average Bonchev–Trinajstić information content (AvgIpc) is 2.26. The average molecular weight is 255 g/mol. The van der Waals surface area contributed by atoms with E-state index in [0.29, 0.717) is 6.54 Å². The summed E-state index contributed by atoms with van der Waals surface area (Å²) in [7, 11) is -2.68. The summed E-state index contributed by atoms with van der Waals surface area (Å²) < 4.78 is 16.4. The number of aliphatic carboxylic acids is 1. The highest BCUT2D eigenvalue weighted by Crippen LogP contribution is 2.09. The molecule has 0 aromatic heterocycles. The van der Waals surface area contributed by atoms with E-state index >= 15 is 0 Å². The van der Waals surface area contributed by atoms with Crippen molar-refractivity contribution in [1.82, 2.24) is 0 Å². The van der Waals surface area contributed by atoms with Crippen LogP contribution in [0.1, 0.15) is 18.9 Å². The first-order chi connectivity index (χ1) is 8.06. The van der Waals surface area contributed by atoms with Gasteiger partial charge in [0, 0.05) is 6.54 Å². The summed E-state index contributed by atoms with van der Waals surface area (Å²) in [5, 5.41) is 8.79. The Kier molecular flexibility index (Phi) is 5.15. The predicted octanol–water partition coefficient (Wildman–Crippen LogP) is 2.15. The Morgan fingerprint density at radius 2 is 2.00 bits per heavy atom. The highest BCUT2D eigenvalue weighted by Gasteiger charge is 2.14. The van der Waals surface area contributed by atoms with E-state index in [1.54, 1.807) is 0 Å². The molecular formula is C12H17NO3S. The van der Waals surface area contributed by atoms with E-state index in [0.717, 1.165) is 12.0 Å². The number of carboxylic acid groups (broad SMARTS) is 1. The zero-order chi connectivity index (χ0) is 12.7. The first-order valence-corrected chi connectivity index (χ1v) is 7.35. The molecule has 0 radical (unpaired) electrons. The van der Waals surface area contributed by atoms with Crippen LogP contribution in [0.4, 0.5) is 0 Å². The molecule has 1 N–H and O–H groups in total. The van der Waals surface area contributed by atoms with Crippen LogP contribution in [0.25, 0.3) is 0 Å². The van der Waals surface area contributed by atoms with Gasteiger partial charge < -0.3 is 5.11 Å². The molecule has 4 nitrogen and oxygen atoms in total. The molecule has 1 unspecified atom stereocenters. The van der Waals surface area contributed by atoms with E-state index in [1.807, 2.05) is 37.3 Å². The number of rotatable bonds is 6. The second-order valence-corrected chi connectivity index (χ2v) is 6.17. The second-order valence-electron chi connectivity index (χ2n) is 3.79. The van der Waals surface area contributed by atoms with Crippen molar-refractivity contribution in [2.24, 2.45) is 4.36 Å². The number of benzene rings is 1. The monoisotopic (exact) mass is 255 g/mol. The first kappa shape index (κ1) is 13.7. The summed E-state index contributed by atoms with van der Waals surface area (Å²) in [6, 6.07) is 9.23. The van der Waals surface area contributed by atoms with E-state index in [-0.39, 0.29) is 11.5 Å². The summed E-state index contributed by atoms with van der Waals surface area (Å²) in [6.07, 6.45) is 0.769.